The van der Waals surface area contributed by atoms with Crippen LogP contribution in [-0.4, -0.2) is 56.4 Å². The summed E-state index contributed by atoms with van der Waals surface area (Å²) in [5, 5.41) is 8.47. The molecule has 2 aromatic carbocycles. The second-order valence-corrected chi connectivity index (χ2v) is 10.6. The van der Waals surface area contributed by atoms with E-state index in [2.05, 4.69) is 22.0 Å². The van der Waals surface area contributed by atoms with Crippen molar-refractivity contribution in [1.82, 2.24) is 15.1 Å². The molecule has 32 heavy (non-hydrogen) atoms. The van der Waals surface area contributed by atoms with E-state index in [-0.39, 0.29) is 10.8 Å². The number of benzene rings is 2. The first kappa shape index (κ1) is 22.8. The molecule has 0 amide bonds. The number of morpholine rings is 1. The highest BCUT2D eigenvalue weighted by Crippen LogP contribution is 2.28. The van der Waals surface area contributed by atoms with E-state index < -0.39 is 10.0 Å². The third kappa shape index (κ3) is 4.82. The lowest BCUT2D eigenvalue weighted by Crippen LogP contribution is -2.35. The Morgan fingerprint density at radius 3 is 2.50 bits per heavy atom. The maximum atomic E-state index is 13.7. The summed E-state index contributed by atoms with van der Waals surface area (Å²) < 4.78 is 34.2. The summed E-state index contributed by atoms with van der Waals surface area (Å²) in [5.41, 5.74) is 3.53. The van der Waals surface area contributed by atoms with Crippen molar-refractivity contribution in [3.8, 4) is 0 Å². The van der Waals surface area contributed by atoms with Crippen LogP contribution in [0.15, 0.2) is 47.4 Å². The normalized spacial score (nSPS) is 15.5. The topological polar surface area (TPSA) is 78.5 Å². The first-order chi connectivity index (χ1) is 15.4. The molecule has 1 N–H and O–H groups in total. The number of H-pyrrole nitrogens is 1. The van der Waals surface area contributed by atoms with E-state index in [9.17, 15) is 8.42 Å². The average Bonchev–Trinajstić information content (AvgIpc) is 3.20. The van der Waals surface area contributed by atoms with E-state index in [1.807, 2.05) is 44.2 Å². The summed E-state index contributed by atoms with van der Waals surface area (Å²) in [6.45, 7) is 10.5. The van der Waals surface area contributed by atoms with Crippen LogP contribution in [0.1, 0.15) is 32.0 Å². The molecule has 0 radical (unpaired) electrons. The van der Waals surface area contributed by atoms with Gasteiger partial charge in [0.05, 0.1) is 35.0 Å². The summed E-state index contributed by atoms with van der Waals surface area (Å²) in [5.74, 6) is 0.185. The van der Waals surface area contributed by atoms with Gasteiger partial charge in [0.1, 0.15) is 0 Å². The molecule has 0 saturated carbocycles. The lowest BCUT2D eigenvalue weighted by Gasteiger charge is -2.26. The molecule has 0 aliphatic carbocycles. The second kappa shape index (κ2) is 9.60. The van der Waals surface area contributed by atoms with E-state index in [0.717, 1.165) is 50.3 Å². The Bertz CT molecular complexity index is 1150. The number of anilines is 1. The number of ether oxygens (including phenoxy) is 1. The van der Waals surface area contributed by atoms with Gasteiger partial charge in [-0.1, -0.05) is 32.9 Å². The Morgan fingerprint density at radius 1 is 1.12 bits per heavy atom. The van der Waals surface area contributed by atoms with Crippen LogP contribution in [0, 0.1) is 5.92 Å². The van der Waals surface area contributed by atoms with E-state index in [0.29, 0.717) is 17.7 Å². The van der Waals surface area contributed by atoms with Crippen molar-refractivity contribution in [1.29, 1.82) is 0 Å². The summed E-state index contributed by atoms with van der Waals surface area (Å²) in [7, 11) is -3.73. The van der Waals surface area contributed by atoms with Gasteiger partial charge in [-0.25, -0.2) is 8.42 Å². The minimum atomic E-state index is -3.73. The Labute approximate surface area is 190 Å². The number of hydrogen-bond donors (Lipinski definition) is 1. The largest absolute Gasteiger partial charge is 0.379 e. The minimum absolute atomic E-state index is 0.185. The van der Waals surface area contributed by atoms with Crippen molar-refractivity contribution in [3.05, 3.63) is 53.7 Å². The van der Waals surface area contributed by atoms with Gasteiger partial charge < -0.3 is 4.74 Å². The van der Waals surface area contributed by atoms with Crippen LogP contribution in [-0.2, 0) is 27.7 Å². The van der Waals surface area contributed by atoms with Crippen LogP contribution in [0.3, 0.4) is 0 Å². The Hall–Kier alpha value is -2.42. The van der Waals surface area contributed by atoms with E-state index in [1.165, 1.54) is 9.87 Å². The van der Waals surface area contributed by atoms with Gasteiger partial charge in [0, 0.05) is 31.6 Å². The van der Waals surface area contributed by atoms with Crippen LogP contribution in [0.2, 0.25) is 0 Å². The smallest absolute Gasteiger partial charge is 0.264 e. The number of hydrogen-bond acceptors (Lipinski definition) is 5. The highest BCUT2D eigenvalue weighted by Gasteiger charge is 2.27. The van der Waals surface area contributed by atoms with E-state index in [1.54, 1.807) is 12.1 Å². The SMILES string of the molecule is CCc1ccc(N(CC(C)C)S(=O)(=O)c2ccc3c(CN4CCOCC4)[nH]nc3c2)cc1. The van der Waals surface area contributed by atoms with Crippen LogP contribution >= 0.6 is 0 Å². The zero-order valence-electron chi connectivity index (χ0n) is 19.0. The Morgan fingerprint density at radius 2 is 1.84 bits per heavy atom. The van der Waals surface area contributed by atoms with Gasteiger partial charge >= 0.3 is 0 Å². The molecular weight excluding hydrogens is 424 g/mol. The average molecular weight is 457 g/mol. The molecule has 1 fully saturated rings. The molecule has 3 aromatic rings. The number of aryl methyl sites for hydroxylation is 1. The van der Waals surface area contributed by atoms with Crippen molar-refractivity contribution in [2.45, 2.75) is 38.6 Å². The van der Waals surface area contributed by atoms with Gasteiger partial charge in [0.2, 0.25) is 0 Å². The van der Waals surface area contributed by atoms with Crippen molar-refractivity contribution in [2.75, 3.05) is 37.2 Å². The zero-order valence-corrected chi connectivity index (χ0v) is 19.9. The molecule has 1 aromatic heterocycles. The molecule has 8 heteroatoms. The van der Waals surface area contributed by atoms with Crippen molar-refractivity contribution in [3.63, 3.8) is 0 Å². The molecule has 0 unspecified atom stereocenters. The minimum Gasteiger partial charge on any atom is -0.379 e. The van der Waals surface area contributed by atoms with Gasteiger partial charge in [0.25, 0.3) is 10.0 Å². The third-order valence-corrected chi connectivity index (χ3v) is 7.63. The fourth-order valence-electron chi connectivity index (χ4n) is 4.01. The molecule has 1 aliphatic rings. The molecule has 7 nitrogen and oxygen atoms in total. The highest BCUT2D eigenvalue weighted by atomic mass is 32.2. The molecular formula is C24H32N4O3S. The van der Waals surface area contributed by atoms with Gasteiger partial charge in [-0.15, -0.1) is 0 Å². The molecule has 0 spiro atoms. The van der Waals surface area contributed by atoms with Crippen molar-refractivity contribution < 1.29 is 13.2 Å². The lowest BCUT2D eigenvalue weighted by atomic mass is 10.1. The van der Waals surface area contributed by atoms with Crippen LogP contribution in [0.4, 0.5) is 5.69 Å². The van der Waals surface area contributed by atoms with Gasteiger partial charge in [-0.3, -0.25) is 14.3 Å². The van der Waals surface area contributed by atoms with Gasteiger partial charge in [-0.05, 0) is 48.2 Å². The monoisotopic (exact) mass is 456 g/mol. The van der Waals surface area contributed by atoms with E-state index >= 15 is 0 Å². The zero-order chi connectivity index (χ0) is 22.7. The first-order valence-electron chi connectivity index (χ1n) is 11.3. The molecule has 1 saturated heterocycles. The molecule has 0 bridgehead atoms. The molecule has 4 rings (SSSR count). The number of sulfonamides is 1. The summed E-state index contributed by atoms with van der Waals surface area (Å²) in [6.07, 6.45) is 0.916. The number of aromatic amines is 1. The highest BCUT2D eigenvalue weighted by molar-refractivity contribution is 7.92. The third-order valence-electron chi connectivity index (χ3n) is 5.84. The van der Waals surface area contributed by atoms with Crippen LogP contribution in [0.25, 0.3) is 10.9 Å². The molecule has 1 aliphatic heterocycles. The predicted molar refractivity (Wildman–Crippen MR) is 127 cm³/mol. The van der Waals surface area contributed by atoms with Crippen molar-refractivity contribution in [2.24, 2.45) is 5.92 Å². The fourth-order valence-corrected chi connectivity index (χ4v) is 5.66. The number of rotatable bonds is 8. The summed E-state index contributed by atoms with van der Waals surface area (Å²) >= 11 is 0. The Kier molecular flexibility index (Phi) is 6.83. The first-order valence-corrected chi connectivity index (χ1v) is 12.7. The standard InChI is InChI=1S/C24H32N4O3S/c1-4-19-5-7-20(8-6-19)28(16-18(2)3)32(29,30)21-9-10-22-23(15-21)25-26-24(22)17-27-11-13-31-14-12-27/h5-10,15,18H,4,11-14,16-17H2,1-3H3,(H,25,26). The van der Waals surface area contributed by atoms with Gasteiger partial charge in [-0.2, -0.15) is 5.10 Å². The number of fused-ring (bicyclic) bond motifs is 1. The summed E-state index contributed by atoms with van der Waals surface area (Å²) in [6, 6.07) is 13.0. The van der Waals surface area contributed by atoms with E-state index in [4.69, 9.17) is 4.74 Å². The maximum Gasteiger partial charge on any atom is 0.264 e. The quantitative estimate of drug-likeness (QED) is 0.558. The fraction of sp³-hybridized carbons (Fsp3) is 0.458. The van der Waals surface area contributed by atoms with Crippen molar-refractivity contribution >= 4 is 26.6 Å². The van der Waals surface area contributed by atoms with Crippen LogP contribution in [0.5, 0.6) is 0 Å². The molecule has 0 atom stereocenters. The lowest BCUT2D eigenvalue weighted by molar-refractivity contribution is 0.0338. The van der Waals surface area contributed by atoms with Crippen LogP contribution < -0.4 is 4.31 Å². The number of nitrogens with zero attached hydrogens (tertiary/aromatic N) is 3. The van der Waals surface area contributed by atoms with Gasteiger partial charge in [0.15, 0.2) is 0 Å². The molecule has 2 heterocycles. The summed E-state index contributed by atoms with van der Waals surface area (Å²) in [4.78, 5) is 2.57. The maximum absolute atomic E-state index is 13.7. The second-order valence-electron chi connectivity index (χ2n) is 8.72. The molecule has 172 valence electrons. The Balaban J connectivity index is 1.65. The predicted octanol–water partition coefficient (Wildman–Crippen LogP) is 3.81. The number of nitrogens with one attached hydrogen (secondary N) is 1. The number of aromatic nitrogens is 2.